The molecule has 1 aromatic rings. The number of hydrogen-bond acceptors (Lipinski definition) is 4. The van der Waals surface area contributed by atoms with Crippen LogP contribution in [-0.2, 0) is 16.1 Å². The maximum Gasteiger partial charge on any atom is 0.239 e. The quantitative estimate of drug-likeness (QED) is 0.485. The van der Waals surface area contributed by atoms with Gasteiger partial charge in [-0.1, -0.05) is 12.1 Å². The first-order chi connectivity index (χ1) is 11.4. The largest absolute Gasteiger partial charge is 0.497 e. The van der Waals surface area contributed by atoms with Crippen molar-refractivity contribution in [3.8, 4) is 5.75 Å². The number of ether oxygens (including phenoxy) is 2. The zero-order valence-corrected chi connectivity index (χ0v) is 15.1. The molecule has 0 aliphatic carbocycles. The van der Waals surface area contributed by atoms with Crippen molar-refractivity contribution in [3.63, 3.8) is 0 Å². The number of nitrogens with one attached hydrogen (secondary N) is 3. The van der Waals surface area contributed by atoms with E-state index in [1.807, 2.05) is 38.1 Å². The molecule has 1 amide bonds. The molecule has 1 rings (SSSR count). The lowest BCUT2D eigenvalue weighted by molar-refractivity contribution is -0.120. The molecule has 0 aliphatic heterocycles. The summed E-state index contributed by atoms with van der Waals surface area (Å²) in [4.78, 5) is 16.0. The summed E-state index contributed by atoms with van der Waals surface area (Å²) in [6, 6.07) is 7.56. The number of methoxy groups -OCH3 is 2. The Labute approximate surface area is 143 Å². The first kappa shape index (κ1) is 19.8. The van der Waals surface area contributed by atoms with Gasteiger partial charge in [0.15, 0.2) is 5.96 Å². The summed E-state index contributed by atoms with van der Waals surface area (Å²) in [7, 11) is 4.94. The van der Waals surface area contributed by atoms with Crippen molar-refractivity contribution in [2.45, 2.75) is 26.0 Å². The Morgan fingerprint density at radius 3 is 2.33 bits per heavy atom. The van der Waals surface area contributed by atoms with E-state index in [9.17, 15) is 4.79 Å². The molecule has 0 unspecified atom stereocenters. The molecule has 0 saturated heterocycles. The summed E-state index contributed by atoms with van der Waals surface area (Å²) in [6.07, 6.45) is 0. The van der Waals surface area contributed by atoms with Crippen LogP contribution in [0.1, 0.15) is 19.4 Å². The Morgan fingerprint density at radius 2 is 1.79 bits per heavy atom. The summed E-state index contributed by atoms with van der Waals surface area (Å²) in [5.41, 5.74) is 0.697. The van der Waals surface area contributed by atoms with Gasteiger partial charge in [-0.15, -0.1) is 0 Å². The summed E-state index contributed by atoms with van der Waals surface area (Å²) in [5, 5.41) is 8.94. The van der Waals surface area contributed by atoms with Crippen molar-refractivity contribution < 1.29 is 14.3 Å². The predicted molar refractivity (Wildman–Crippen MR) is 95.3 cm³/mol. The van der Waals surface area contributed by atoms with Crippen LogP contribution in [0.4, 0.5) is 0 Å². The zero-order chi connectivity index (χ0) is 18.0. The van der Waals surface area contributed by atoms with Crippen molar-refractivity contribution in [1.82, 2.24) is 16.0 Å². The highest BCUT2D eigenvalue weighted by atomic mass is 16.5. The summed E-state index contributed by atoms with van der Waals surface area (Å²) < 4.78 is 10.4. The van der Waals surface area contributed by atoms with E-state index in [0.717, 1.165) is 11.3 Å². The second-order valence-corrected chi connectivity index (χ2v) is 5.87. The highest BCUT2D eigenvalue weighted by Gasteiger charge is 2.16. The van der Waals surface area contributed by atoms with E-state index in [-0.39, 0.29) is 18.1 Å². The third-order valence-electron chi connectivity index (χ3n) is 3.52. The molecule has 0 heterocycles. The first-order valence-corrected chi connectivity index (χ1v) is 7.79. The number of amides is 1. The number of benzene rings is 1. The van der Waals surface area contributed by atoms with Crippen molar-refractivity contribution in [2.75, 3.05) is 34.4 Å². The Bertz CT molecular complexity index is 541. The molecule has 24 heavy (non-hydrogen) atoms. The van der Waals surface area contributed by atoms with E-state index >= 15 is 0 Å². The minimum Gasteiger partial charge on any atom is -0.497 e. The molecule has 1 aromatic carbocycles. The van der Waals surface area contributed by atoms with Crippen molar-refractivity contribution >= 4 is 11.9 Å². The topological polar surface area (TPSA) is 84.0 Å². The number of nitrogens with zero attached hydrogens (tertiary/aromatic N) is 1. The van der Waals surface area contributed by atoms with Gasteiger partial charge in [-0.2, -0.15) is 0 Å². The van der Waals surface area contributed by atoms with Gasteiger partial charge in [0.1, 0.15) is 5.75 Å². The normalized spacial score (nSPS) is 11.8. The van der Waals surface area contributed by atoms with Crippen molar-refractivity contribution in [3.05, 3.63) is 29.8 Å². The molecule has 0 saturated carbocycles. The van der Waals surface area contributed by atoms with Crippen LogP contribution in [0.25, 0.3) is 0 Å². The number of carbonyl (C=O) groups is 1. The Hall–Kier alpha value is -2.28. The fraction of sp³-hybridized carbons (Fsp3) is 0.529. The Morgan fingerprint density at radius 1 is 1.12 bits per heavy atom. The SMILES string of the molecule is CN=C(NCC(=O)NCc1ccc(OC)cc1)NCC(C)(C)OC. The van der Waals surface area contributed by atoms with Gasteiger partial charge >= 0.3 is 0 Å². The molecule has 7 heteroatoms. The van der Waals surface area contributed by atoms with Gasteiger partial charge in [-0.05, 0) is 31.5 Å². The van der Waals surface area contributed by atoms with Gasteiger partial charge in [0.2, 0.25) is 5.91 Å². The highest BCUT2D eigenvalue weighted by Crippen LogP contribution is 2.10. The van der Waals surface area contributed by atoms with Gasteiger partial charge in [0.25, 0.3) is 0 Å². The second-order valence-electron chi connectivity index (χ2n) is 5.87. The zero-order valence-electron chi connectivity index (χ0n) is 15.1. The van der Waals surface area contributed by atoms with Crippen LogP contribution < -0.4 is 20.7 Å². The fourth-order valence-electron chi connectivity index (χ4n) is 1.76. The Kier molecular flexibility index (Phi) is 8.05. The number of hydrogen-bond donors (Lipinski definition) is 3. The molecule has 134 valence electrons. The lowest BCUT2D eigenvalue weighted by Crippen LogP contribution is -2.47. The van der Waals surface area contributed by atoms with E-state index in [1.54, 1.807) is 21.3 Å². The average molecular weight is 336 g/mol. The van der Waals surface area contributed by atoms with Crippen LogP contribution in [0.5, 0.6) is 5.75 Å². The average Bonchev–Trinajstić information content (AvgIpc) is 2.60. The fourth-order valence-corrected chi connectivity index (χ4v) is 1.76. The molecule has 0 bridgehead atoms. The summed E-state index contributed by atoms with van der Waals surface area (Å²) in [6.45, 7) is 5.12. The van der Waals surface area contributed by atoms with E-state index in [2.05, 4.69) is 20.9 Å². The molecular formula is C17H28N4O3. The van der Waals surface area contributed by atoms with Gasteiger partial charge < -0.3 is 25.4 Å². The van der Waals surface area contributed by atoms with Crippen LogP contribution in [-0.4, -0.2) is 51.8 Å². The van der Waals surface area contributed by atoms with E-state index in [0.29, 0.717) is 19.0 Å². The second kappa shape index (κ2) is 9.77. The maximum absolute atomic E-state index is 11.9. The molecule has 3 N–H and O–H groups in total. The molecule has 0 aromatic heterocycles. The van der Waals surface area contributed by atoms with Crippen LogP contribution in [0.3, 0.4) is 0 Å². The predicted octanol–water partition coefficient (Wildman–Crippen LogP) is 0.901. The first-order valence-electron chi connectivity index (χ1n) is 7.79. The van der Waals surface area contributed by atoms with Crippen LogP contribution in [0.15, 0.2) is 29.3 Å². The lowest BCUT2D eigenvalue weighted by atomic mass is 10.1. The molecule has 0 spiro atoms. The number of rotatable bonds is 8. The van der Waals surface area contributed by atoms with E-state index in [4.69, 9.17) is 9.47 Å². The van der Waals surface area contributed by atoms with E-state index in [1.165, 1.54) is 0 Å². The minimum atomic E-state index is -0.311. The number of carbonyl (C=O) groups excluding carboxylic acids is 1. The third-order valence-corrected chi connectivity index (χ3v) is 3.52. The summed E-state index contributed by atoms with van der Waals surface area (Å²) >= 11 is 0. The van der Waals surface area contributed by atoms with Crippen molar-refractivity contribution in [1.29, 1.82) is 0 Å². The van der Waals surface area contributed by atoms with Gasteiger partial charge in [-0.3, -0.25) is 9.79 Å². The smallest absolute Gasteiger partial charge is 0.239 e. The monoisotopic (exact) mass is 336 g/mol. The molecule has 0 aliphatic rings. The molecule has 0 radical (unpaired) electrons. The van der Waals surface area contributed by atoms with Gasteiger partial charge in [0.05, 0.1) is 19.3 Å². The standard InChI is InChI=1S/C17H28N4O3/c1-17(2,24-5)12-21-16(18-3)20-11-15(22)19-10-13-6-8-14(23-4)9-7-13/h6-9H,10-12H2,1-5H3,(H,19,22)(H2,18,20,21). The number of guanidine groups is 1. The molecule has 0 atom stereocenters. The molecule has 0 fully saturated rings. The van der Waals surface area contributed by atoms with Crippen LogP contribution in [0.2, 0.25) is 0 Å². The van der Waals surface area contributed by atoms with Gasteiger partial charge in [-0.25, -0.2) is 0 Å². The van der Waals surface area contributed by atoms with Crippen LogP contribution >= 0.6 is 0 Å². The summed E-state index contributed by atoms with van der Waals surface area (Å²) in [5.74, 6) is 1.24. The van der Waals surface area contributed by atoms with Gasteiger partial charge in [0, 0.05) is 27.2 Å². The number of aliphatic imine (C=N–C) groups is 1. The third kappa shape index (κ3) is 7.32. The lowest BCUT2D eigenvalue weighted by Gasteiger charge is -2.24. The molecular weight excluding hydrogens is 308 g/mol. The van der Waals surface area contributed by atoms with E-state index < -0.39 is 0 Å². The molecule has 7 nitrogen and oxygen atoms in total. The van der Waals surface area contributed by atoms with Crippen molar-refractivity contribution in [2.24, 2.45) is 4.99 Å². The maximum atomic E-state index is 11.9. The minimum absolute atomic E-state index is 0.111. The highest BCUT2D eigenvalue weighted by molar-refractivity contribution is 5.86. The van der Waals surface area contributed by atoms with Crippen LogP contribution in [0, 0.1) is 0 Å². The Balaban J connectivity index is 2.33.